The summed E-state index contributed by atoms with van der Waals surface area (Å²) in [4.78, 5) is 13.1. The van der Waals surface area contributed by atoms with Crippen LogP contribution in [0.25, 0.3) is 10.9 Å². The zero-order chi connectivity index (χ0) is 23.4. The number of benzene rings is 2. The molecule has 2 aliphatic rings. The third kappa shape index (κ3) is 4.30. The van der Waals surface area contributed by atoms with Crippen LogP contribution in [0.1, 0.15) is 48.5 Å². The van der Waals surface area contributed by atoms with E-state index in [1.54, 1.807) is 16.8 Å². The lowest BCUT2D eigenvalue weighted by atomic mass is 9.50. The van der Waals surface area contributed by atoms with Crippen molar-refractivity contribution in [3.8, 4) is 5.75 Å². The minimum Gasteiger partial charge on any atom is -0.406 e. The van der Waals surface area contributed by atoms with Gasteiger partial charge in [-0.3, -0.25) is 4.79 Å². The van der Waals surface area contributed by atoms with Gasteiger partial charge in [0.15, 0.2) is 0 Å². The van der Waals surface area contributed by atoms with Crippen LogP contribution in [0, 0.1) is 17.2 Å². The number of alkyl halides is 3. The number of nitrogens with zero attached hydrogens (tertiary/aromatic N) is 1. The Hall–Kier alpha value is -3.03. The molecule has 174 valence electrons. The monoisotopic (exact) mass is 460 g/mol. The summed E-state index contributed by atoms with van der Waals surface area (Å²) >= 11 is 0. The van der Waals surface area contributed by atoms with E-state index in [0.29, 0.717) is 27.4 Å². The second-order valence-electron chi connectivity index (χ2n) is 9.58. The van der Waals surface area contributed by atoms with Crippen LogP contribution in [-0.4, -0.2) is 22.9 Å². The molecule has 0 bridgehead atoms. The van der Waals surface area contributed by atoms with E-state index >= 15 is 0 Å². The van der Waals surface area contributed by atoms with Gasteiger partial charge in [-0.1, -0.05) is 19.1 Å². The molecule has 0 saturated heterocycles. The number of fused-ring (bicyclic) bond motifs is 1. The SMILES string of the molecule is CC1CC2(C1)CC(NC(=O)c1ccc(F)c3ccn(Cc4ccc(OC(F)(F)F)cc4)c13)C2. The molecule has 0 unspecified atom stereocenters. The van der Waals surface area contributed by atoms with Gasteiger partial charge in [-0.25, -0.2) is 4.39 Å². The molecule has 2 fully saturated rings. The number of aromatic nitrogens is 1. The molecule has 8 heteroatoms. The first-order valence-electron chi connectivity index (χ1n) is 11.0. The summed E-state index contributed by atoms with van der Waals surface area (Å²) < 4.78 is 57.2. The quantitative estimate of drug-likeness (QED) is 0.472. The molecule has 2 aromatic carbocycles. The standard InChI is InChI=1S/C25H24F4N2O2/c1-15-10-24(11-15)12-17(13-24)30-23(32)20-6-7-21(26)19-8-9-31(22(19)20)14-16-2-4-18(5-3-16)33-25(27,28)29/h2-9,15,17H,10-14H2,1H3,(H,30,32). The van der Waals surface area contributed by atoms with E-state index < -0.39 is 12.2 Å². The summed E-state index contributed by atoms with van der Waals surface area (Å²) in [6, 6.07) is 10.0. The van der Waals surface area contributed by atoms with E-state index in [1.165, 1.54) is 49.2 Å². The molecular weight excluding hydrogens is 436 g/mol. The minimum atomic E-state index is -4.76. The van der Waals surface area contributed by atoms with Crippen LogP contribution in [0.3, 0.4) is 0 Å². The maximum atomic E-state index is 14.5. The van der Waals surface area contributed by atoms with Gasteiger partial charge in [0.25, 0.3) is 5.91 Å². The largest absolute Gasteiger partial charge is 0.573 e. The van der Waals surface area contributed by atoms with Crippen molar-refractivity contribution in [2.75, 3.05) is 0 Å². The molecule has 1 amide bonds. The zero-order valence-electron chi connectivity index (χ0n) is 18.1. The lowest BCUT2D eigenvalue weighted by Crippen LogP contribution is -2.55. The summed E-state index contributed by atoms with van der Waals surface area (Å²) in [5, 5.41) is 3.43. The number of rotatable bonds is 5. The van der Waals surface area contributed by atoms with Gasteiger partial charge in [-0.2, -0.15) is 0 Å². The Morgan fingerprint density at radius 3 is 2.42 bits per heavy atom. The number of halogens is 4. The number of amides is 1. The molecule has 0 aliphatic heterocycles. The molecule has 1 spiro atoms. The van der Waals surface area contributed by atoms with Gasteiger partial charge < -0.3 is 14.6 Å². The molecule has 1 aromatic heterocycles. The molecule has 1 N–H and O–H groups in total. The number of hydrogen-bond donors (Lipinski definition) is 1. The molecule has 4 nitrogen and oxygen atoms in total. The topological polar surface area (TPSA) is 43.3 Å². The molecule has 2 aliphatic carbocycles. The average Bonchev–Trinajstić information content (AvgIpc) is 3.10. The van der Waals surface area contributed by atoms with Gasteiger partial charge in [-0.15, -0.1) is 13.2 Å². The second-order valence-corrected chi connectivity index (χ2v) is 9.58. The summed E-state index contributed by atoms with van der Waals surface area (Å²) in [5.41, 5.74) is 1.95. The molecular formula is C25H24F4N2O2. The fourth-order valence-electron chi connectivity index (χ4n) is 5.70. The number of carbonyl (C=O) groups is 1. The summed E-state index contributed by atoms with van der Waals surface area (Å²) in [5.74, 6) is -0.217. The number of nitrogens with one attached hydrogen (secondary N) is 1. The normalized spacial score (nSPS) is 24.4. The molecule has 5 rings (SSSR count). The van der Waals surface area contributed by atoms with Crippen LogP contribution in [0.2, 0.25) is 0 Å². The van der Waals surface area contributed by atoms with Crippen molar-refractivity contribution in [2.45, 2.75) is 51.6 Å². The Bertz CT molecular complexity index is 1190. The van der Waals surface area contributed by atoms with E-state index in [1.807, 2.05) is 0 Å². The van der Waals surface area contributed by atoms with Crippen molar-refractivity contribution < 1.29 is 27.1 Å². The van der Waals surface area contributed by atoms with Gasteiger partial charge in [0.1, 0.15) is 11.6 Å². The Labute approximate surface area is 188 Å². The zero-order valence-corrected chi connectivity index (χ0v) is 18.1. The van der Waals surface area contributed by atoms with Crippen molar-refractivity contribution in [1.29, 1.82) is 0 Å². The Balaban J connectivity index is 1.35. The molecule has 2 saturated carbocycles. The van der Waals surface area contributed by atoms with E-state index in [0.717, 1.165) is 18.8 Å². The molecule has 33 heavy (non-hydrogen) atoms. The van der Waals surface area contributed by atoms with Gasteiger partial charge in [0.2, 0.25) is 0 Å². The maximum Gasteiger partial charge on any atom is 0.573 e. The van der Waals surface area contributed by atoms with Crippen LogP contribution in [0.5, 0.6) is 5.75 Å². The Kier molecular flexibility index (Phi) is 5.14. The third-order valence-electron chi connectivity index (χ3n) is 6.88. The van der Waals surface area contributed by atoms with Gasteiger partial charge in [-0.05, 0) is 72.9 Å². The highest BCUT2D eigenvalue weighted by molar-refractivity contribution is 6.06. The first-order chi connectivity index (χ1) is 15.6. The fourth-order valence-corrected chi connectivity index (χ4v) is 5.70. The number of ether oxygens (including phenoxy) is 1. The molecule has 0 radical (unpaired) electrons. The molecule has 3 aromatic rings. The lowest BCUT2D eigenvalue weighted by Gasteiger charge is -2.57. The van der Waals surface area contributed by atoms with E-state index in [9.17, 15) is 22.4 Å². The van der Waals surface area contributed by atoms with Gasteiger partial charge in [0, 0.05) is 24.2 Å². The summed E-state index contributed by atoms with van der Waals surface area (Å²) in [7, 11) is 0. The number of carbonyl (C=O) groups excluding carboxylic acids is 1. The Morgan fingerprint density at radius 2 is 1.79 bits per heavy atom. The number of hydrogen-bond acceptors (Lipinski definition) is 2. The van der Waals surface area contributed by atoms with E-state index in [-0.39, 0.29) is 24.2 Å². The molecule has 1 heterocycles. The third-order valence-corrected chi connectivity index (χ3v) is 6.88. The lowest BCUT2D eigenvalue weighted by molar-refractivity contribution is -0.274. The van der Waals surface area contributed by atoms with E-state index in [2.05, 4.69) is 17.0 Å². The van der Waals surface area contributed by atoms with Gasteiger partial charge in [0.05, 0.1) is 11.1 Å². The second kappa shape index (κ2) is 7.78. The van der Waals surface area contributed by atoms with Gasteiger partial charge >= 0.3 is 6.36 Å². The minimum absolute atomic E-state index is 0.134. The summed E-state index contributed by atoms with van der Waals surface area (Å²) in [6.07, 6.45) is 1.33. The van der Waals surface area contributed by atoms with Crippen LogP contribution >= 0.6 is 0 Å². The first-order valence-corrected chi connectivity index (χ1v) is 11.0. The highest BCUT2D eigenvalue weighted by Gasteiger charge is 2.51. The van der Waals surface area contributed by atoms with Crippen LogP contribution < -0.4 is 10.1 Å². The fraction of sp³-hybridized carbons (Fsp3) is 0.400. The average molecular weight is 460 g/mol. The predicted octanol–water partition coefficient (Wildman–Crippen LogP) is 6.04. The van der Waals surface area contributed by atoms with E-state index in [4.69, 9.17) is 0 Å². The first kappa shape index (κ1) is 21.8. The highest BCUT2D eigenvalue weighted by Crippen LogP contribution is 2.58. The van der Waals surface area contributed by atoms with Crippen molar-refractivity contribution in [2.24, 2.45) is 11.3 Å². The smallest absolute Gasteiger partial charge is 0.406 e. The molecule has 0 atom stereocenters. The van der Waals surface area contributed by atoms with Crippen molar-refractivity contribution in [3.63, 3.8) is 0 Å². The van der Waals surface area contributed by atoms with Crippen molar-refractivity contribution in [3.05, 3.63) is 65.6 Å². The predicted molar refractivity (Wildman–Crippen MR) is 115 cm³/mol. The van der Waals surface area contributed by atoms with Crippen LogP contribution in [-0.2, 0) is 6.54 Å². The van der Waals surface area contributed by atoms with Crippen molar-refractivity contribution in [1.82, 2.24) is 9.88 Å². The highest BCUT2D eigenvalue weighted by atomic mass is 19.4. The van der Waals surface area contributed by atoms with Crippen LogP contribution in [0.15, 0.2) is 48.7 Å². The van der Waals surface area contributed by atoms with Crippen molar-refractivity contribution >= 4 is 16.8 Å². The Morgan fingerprint density at radius 1 is 1.09 bits per heavy atom. The van der Waals surface area contributed by atoms with Crippen LogP contribution in [0.4, 0.5) is 17.6 Å². The summed E-state index contributed by atoms with van der Waals surface area (Å²) in [6.45, 7) is 2.52. The maximum absolute atomic E-state index is 14.5.